The molecule has 0 bridgehead atoms. The zero-order valence-corrected chi connectivity index (χ0v) is 11.5. The second-order valence-corrected chi connectivity index (χ2v) is 5.85. The van der Waals surface area contributed by atoms with E-state index >= 15 is 0 Å². The number of hydrogen-bond donors (Lipinski definition) is 2. The van der Waals surface area contributed by atoms with E-state index in [4.69, 9.17) is 0 Å². The van der Waals surface area contributed by atoms with Crippen LogP contribution >= 0.6 is 0 Å². The fourth-order valence-electron chi connectivity index (χ4n) is 3.63. The van der Waals surface area contributed by atoms with E-state index < -0.39 is 0 Å². The molecule has 1 aliphatic carbocycles. The van der Waals surface area contributed by atoms with E-state index in [9.17, 15) is 0 Å². The van der Waals surface area contributed by atoms with Crippen LogP contribution in [0.3, 0.4) is 0 Å². The van der Waals surface area contributed by atoms with Crippen LogP contribution in [0.15, 0.2) is 18.3 Å². The average molecular weight is 260 g/mol. The monoisotopic (exact) mass is 260 g/mol. The first-order chi connectivity index (χ1) is 9.43. The highest BCUT2D eigenvalue weighted by molar-refractivity contribution is 5.00. The molecule has 3 atom stereocenters. The molecule has 1 saturated heterocycles. The third-order valence-electron chi connectivity index (χ3n) is 4.61. The molecule has 1 aliphatic heterocycles. The number of rotatable bonds is 4. The number of hydrogen-bond acceptors (Lipinski definition) is 4. The molecule has 0 radical (unpaired) electrons. The molecule has 19 heavy (non-hydrogen) atoms. The maximum atomic E-state index is 4.16. The Morgan fingerprint density at radius 2 is 2.16 bits per heavy atom. The largest absolute Gasteiger partial charge is 0.314 e. The Balaban J connectivity index is 1.57. The van der Waals surface area contributed by atoms with Gasteiger partial charge >= 0.3 is 0 Å². The topological polar surface area (TPSA) is 49.8 Å². The zero-order chi connectivity index (χ0) is 12.9. The molecular weight excluding hydrogens is 236 g/mol. The fraction of sp³-hybridized carbons (Fsp3) is 0.733. The predicted octanol–water partition coefficient (Wildman–Crippen LogP) is 1.88. The van der Waals surface area contributed by atoms with Crippen molar-refractivity contribution >= 4 is 0 Å². The Morgan fingerprint density at radius 3 is 2.95 bits per heavy atom. The van der Waals surface area contributed by atoms with Crippen LogP contribution < -0.4 is 10.6 Å². The van der Waals surface area contributed by atoms with Crippen molar-refractivity contribution in [2.45, 2.75) is 57.2 Å². The summed E-state index contributed by atoms with van der Waals surface area (Å²) in [6.07, 6.45) is 9.87. The summed E-state index contributed by atoms with van der Waals surface area (Å²) >= 11 is 0. The van der Waals surface area contributed by atoms with Crippen LogP contribution in [0.4, 0.5) is 0 Å². The lowest BCUT2D eigenvalue weighted by Crippen LogP contribution is -2.46. The third-order valence-corrected chi connectivity index (χ3v) is 4.61. The minimum atomic E-state index is 0.645. The molecule has 1 saturated carbocycles. The zero-order valence-electron chi connectivity index (χ0n) is 11.5. The van der Waals surface area contributed by atoms with Gasteiger partial charge in [0.1, 0.15) is 0 Å². The Morgan fingerprint density at radius 1 is 1.21 bits per heavy atom. The van der Waals surface area contributed by atoms with Crippen molar-refractivity contribution in [2.75, 3.05) is 6.54 Å². The quantitative estimate of drug-likeness (QED) is 0.868. The molecular formula is C15H24N4. The summed E-state index contributed by atoms with van der Waals surface area (Å²) < 4.78 is 0. The first-order valence-corrected chi connectivity index (χ1v) is 7.67. The fourth-order valence-corrected chi connectivity index (χ4v) is 3.63. The van der Waals surface area contributed by atoms with Crippen molar-refractivity contribution in [1.29, 1.82) is 0 Å². The molecule has 2 N–H and O–H groups in total. The molecule has 2 aliphatic rings. The second kappa shape index (κ2) is 6.44. The molecule has 4 nitrogen and oxygen atoms in total. The van der Waals surface area contributed by atoms with Gasteiger partial charge in [-0.05, 0) is 50.3 Å². The molecule has 2 fully saturated rings. The van der Waals surface area contributed by atoms with Gasteiger partial charge in [-0.1, -0.05) is 12.8 Å². The van der Waals surface area contributed by atoms with Crippen molar-refractivity contribution in [3.05, 3.63) is 24.0 Å². The van der Waals surface area contributed by atoms with Crippen molar-refractivity contribution in [2.24, 2.45) is 5.92 Å². The van der Waals surface area contributed by atoms with Gasteiger partial charge < -0.3 is 10.6 Å². The predicted molar refractivity (Wildman–Crippen MR) is 75.6 cm³/mol. The lowest BCUT2D eigenvalue weighted by Gasteiger charge is -2.36. The van der Waals surface area contributed by atoms with Crippen LogP contribution in [-0.4, -0.2) is 28.8 Å². The van der Waals surface area contributed by atoms with Crippen LogP contribution in [0.2, 0.25) is 0 Å². The number of aromatic nitrogens is 2. The normalized spacial score (nSPS) is 31.5. The Hall–Kier alpha value is -1.00. The van der Waals surface area contributed by atoms with Crippen LogP contribution in [0, 0.1) is 5.92 Å². The summed E-state index contributed by atoms with van der Waals surface area (Å²) in [5.41, 5.74) is 1.05. The highest BCUT2D eigenvalue weighted by Gasteiger charge is 2.32. The minimum Gasteiger partial charge on any atom is -0.314 e. The summed E-state index contributed by atoms with van der Waals surface area (Å²) in [5.74, 6) is 0.799. The smallest absolute Gasteiger partial charge is 0.0769 e. The van der Waals surface area contributed by atoms with Gasteiger partial charge in [0.2, 0.25) is 0 Å². The Kier molecular flexibility index (Phi) is 4.41. The Bertz CT molecular complexity index is 375. The van der Waals surface area contributed by atoms with Gasteiger partial charge in [-0.15, -0.1) is 0 Å². The second-order valence-electron chi connectivity index (χ2n) is 5.85. The first-order valence-electron chi connectivity index (χ1n) is 7.67. The molecule has 3 unspecified atom stereocenters. The van der Waals surface area contributed by atoms with E-state index in [1.165, 1.54) is 45.1 Å². The molecule has 0 aromatic carbocycles. The lowest BCUT2D eigenvalue weighted by atomic mass is 9.79. The molecule has 0 amide bonds. The summed E-state index contributed by atoms with van der Waals surface area (Å²) in [5, 5.41) is 15.5. The van der Waals surface area contributed by atoms with Crippen molar-refractivity contribution in [3.8, 4) is 0 Å². The SMILES string of the molecule is c1cnnc(CNC2CCCCC2C2CCCN2)c1. The van der Waals surface area contributed by atoms with E-state index in [0.717, 1.165) is 24.2 Å². The summed E-state index contributed by atoms with van der Waals surface area (Å²) in [6.45, 7) is 2.06. The van der Waals surface area contributed by atoms with Gasteiger partial charge in [0.05, 0.1) is 5.69 Å². The standard InChI is InChI=1S/C15H24N4/c1-2-7-15(13(6-1)14-8-4-9-16-14)17-11-12-5-3-10-18-19-12/h3,5,10,13-17H,1-2,4,6-9,11H2. The van der Waals surface area contributed by atoms with Crippen LogP contribution in [0.5, 0.6) is 0 Å². The highest BCUT2D eigenvalue weighted by atomic mass is 15.1. The number of nitrogens with one attached hydrogen (secondary N) is 2. The van der Waals surface area contributed by atoms with Gasteiger partial charge in [-0.25, -0.2) is 0 Å². The van der Waals surface area contributed by atoms with Crippen LogP contribution in [0.1, 0.15) is 44.2 Å². The van der Waals surface area contributed by atoms with E-state index in [-0.39, 0.29) is 0 Å². The first kappa shape index (κ1) is 13.0. The summed E-state index contributed by atoms with van der Waals surface area (Å²) in [6, 6.07) is 5.39. The highest BCUT2D eigenvalue weighted by Crippen LogP contribution is 2.30. The van der Waals surface area contributed by atoms with Gasteiger partial charge in [0.15, 0.2) is 0 Å². The van der Waals surface area contributed by atoms with Crippen LogP contribution in [0.25, 0.3) is 0 Å². The molecule has 1 aromatic heterocycles. The third kappa shape index (κ3) is 3.31. The summed E-state index contributed by atoms with van der Waals surface area (Å²) in [4.78, 5) is 0. The number of nitrogens with zero attached hydrogens (tertiary/aromatic N) is 2. The van der Waals surface area contributed by atoms with E-state index in [2.05, 4.69) is 20.8 Å². The van der Waals surface area contributed by atoms with Gasteiger partial charge in [-0.2, -0.15) is 10.2 Å². The van der Waals surface area contributed by atoms with E-state index in [1.807, 2.05) is 12.1 Å². The van der Waals surface area contributed by atoms with Gasteiger partial charge in [-0.3, -0.25) is 0 Å². The van der Waals surface area contributed by atoms with E-state index in [0.29, 0.717) is 6.04 Å². The Labute approximate surface area is 115 Å². The average Bonchev–Trinajstić information content (AvgIpc) is 3.01. The van der Waals surface area contributed by atoms with E-state index in [1.54, 1.807) is 6.20 Å². The summed E-state index contributed by atoms with van der Waals surface area (Å²) in [7, 11) is 0. The van der Waals surface area contributed by atoms with Gasteiger partial charge in [0, 0.05) is 24.8 Å². The van der Waals surface area contributed by atoms with Crippen molar-refractivity contribution in [1.82, 2.24) is 20.8 Å². The lowest BCUT2D eigenvalue weighted by molar-refractivity contribution is 0.213. The van der Waals surface area contributed by atoms with Crippen molar-refractivity contribution in [3.63, 3.8) is 0 Å². The maximum absolute atomic E-state index is 4.16. The van der Waals surface area contributed by atoms with Gasteiger partial charge in [0.25, 0.3) is 0 Å². The minimum absolute atomic E-state index is 0.645. The molecule has 4 heteroatoms. The molecule has 3 rings (SSSR count). The molecule has 1 aromatic rings. The van der Waals surface area contributed by atoms with Crippen molar-refractivity contribution < 1.29 is 0 Å². The van der Waals surface area contributed by atoms with Crippen LogP contribution in [-0.2, 0) is 6.54 Å². The molecule has 0 spiro atoms. The molecule has 2 heterocycles. The maximum Gasteiger partial charge on any atom is 0.0769 e. The molecule has 104 valence electrons.